The number of hydrogen-bond donors (Lipinski definition) is 1. The van der Waals surface area contributed by atoms with Gasteiger partial charge in [0, 0.05) is 12.6 Å². The van der Waals surface area contributed by atoms with Crippen LogP contribution in [0.1, 0.15) is 65.2 Å². The van der Waals surface area contributed by atoms with Crippen molar-refractivity contribution in [1.29, 1.82) is 0 Å². The summed E-state index contributed by atoms with van der Waals surface area (Å²) in [5.74, 6) is 1.86. The van der Waals surface area contributed by atoms with Crippen LogP contribution >= 0.6 is 0 Å². The minimum Gasteiger partial charge on any atom is -0.377 e. The molecule has 2 nitrogen and oxygen atoms in total. The topological polar surface area (TPSA) is 21.3 Å². The van der Waals surface area contributed by atoms with Crippen molar-refractivity contribution >= 4 is 0 Å². The van der Waals surface area contributed by atoms with E-state index in [-0.39, 0.29) is 0 Å². The highest BCUT2D eigenvalue weighted by molar-refractivity contribution is 4.88. The molecule has 1 saturated carbocycles. The molecule has 0 aromatic rings. The summed E-state index contributed by atoms with van der Waals surface area (Å²) in [7, 11) is 0. The number of hydrogen-bond acceptors (Lipinski definition) is 2. The van der Waals surface area contributed by atoms with Crippen LogP contribution in [0.25, 0.3) is 0 Å². The zero-order chi connectivity index (χ0) is 12.8. The molecule has 0 spiro atoms. The predicted octanol–water partition coefficient (Wildman–Crippen LogP) is 3.75. The van der Waals surface area contributed by atoms with E-state index in [0.29, 0.717) is 12.1 Å². The minimum absolute atomic E-state index is 0.500. The highest BCUT2D eigenvalue weighted by atomic mass is 16.5. The first-order valence-electron chi connectivity index (χ1n) is 8.20. The zero-order valence-electron chi connectivity index (χ0n) is 12.3. The molecular formula is C16H31NO. The van der Waals surface area contributed by atoms with Gasteiger partial charge in [0.05, 0.1) is 6.10 Å². The molecule has 1 aliphatic carbocycles. The lowest BCUT2D eigenvalue weighted by molar-refractivity contribution is 0.0453. The summed E-state index contributed by atoms with van der Waals surface area (Å²) in [4.78, 5) is 0. The number of rotatable bonds is 6. The van der Waals surface area contributed by atoms with Crippen LogP contribution in [0.2, 0.25) is 0 Å². The molecule has 0 bridgehead atoms. The van der Waals surface area contributed by atoms with Gasteiger partial charge < -0.3 is 10.1 Å². The zero-order valence-corrected chi connectivity index (χ0v) is 12.3. The standard InChI is InChI=1S/C16H31NO/c1-3-11-17-16(15-6-5-12-18-15)14-9-7-13(4-2)8-10-14/h13-17H,3-12H2,1-2H3. The Morgan fingerprint density at radius 1 is 1.11 bits per heavy atom. The maximum atomic E-state index is 5.96. The van der Waals surface area contributed by atoms with Gasteiger partial charge in [0.1, 0.15) is 0 Å². The third kappa shape index (κ3) is 3.71. The highest BCUT2D eigenvalue weighted by Crippen LogP contribution is 2.35. The number of ether oxygens (including phenoxy) is 1. The van der Waals surface area contributed by atoms with Gasteiger partial charge in [0.15, 0.2) is 0 Å². The smallest absolute Gasteiger partial charge is 0.0731 e. The van der Waals surface area contributed by atoms with Crippen LogP contribution in [-0.2, 0) is 4.74 Å². The molecule has 0 radical (unpaired) electrons. The second-order valence-corrected chi connectivity index (χ2v) is 6.22. The van der Waals surface area contributed by atoms with Crippen LogP contribution in [0.5, 0.6) is 0 Å². The molecule has 2 fully saturated rings. The molecule has 1 heterocycles. The Bertz CT molecular complexity index is 217. The molecule has 2 atom stereocenters. The quantitative estimate of drug-likeness (QED) is 0.778. The normalized spacial score (nSPS) is 34.7. The van der Waals surface area contributed by atoms with Gasteiger partial charge in [-0.3, -0.25) is 0 Å². The fraction of sp³-hybridized carbons (Fsp3) is 1.00. The number of nitrogens with one attached hydrogen (secondary N) is 1. The van der Waals surface area contributed by atoms with Gasteiger partial charge in [-0.15, -0.1) is 0 Å². The van der Waals surface area contributed by atoms with Gasteiger partial charge in [-0.05, 0) is 50.5 Å². The lowest BCUT2D eigenvalue weighted by atomic mass is 9.76. The van der Waals surface area contributed by atoms with E-state index < -0.39 is 0 Å². The van der Waals surface area contributed by atoms with E-state index in [0.717, 1.165) is 25.0 Å². The fourth-order valence-electron chi connectivity index (χ4n) is 3.75. The van der Waals surface area contributed by atoms with E-state index in [4.69, 9.17) is 4.74 Å². The maximum absolute atomic E-state index is 5.96. The Balaban J connectivity index is 1.87. The van der Waals surface area contributed by atoms with Crippen molar-refractivity contribution in [1.82, 2.24) is 5.32 Å². The molecule has 2 unspecified atom stereocenters. The lowest BCUT2D eigenvalue weighted by Crippen LogP contribution is -2.46. The Morgan fingerprint density at radius 3 is 2.44 bits per heavy atom. The van der Waals surface area contributed by atoms with E-state index in [1.54, 1.807) is 0 Å². The van der Waals surface area contributed by atoms with Crippen molar-refractivity contribution < 1.29 is 4.74 Å². The Hall–Kier alpha value is -0.0800. The monoisotopic (exact) mass is 253 g/mol. The van der Waals surface area contributed by atoms with Gasteiger partial charge in [-0.2, -0.15) is 0 Å². The average Bonchev–Trinajstić information content (AvgIpc) is 2.94. The second-order valence-electron chi connectivity index (χ2n) is 6.22. The molecule has 2 heteroatoms. The first kappa shape index (κ1) is 14.3. The summed E-state index contributed by atoms with van der Waals surface area (Å²) in [5.41, 5.74) is 0. The van der Waals surface area contributed by atoms with Crippen LogP contribution < -0.4 is 5.32 Å². The largest absolute Gasteiger partial charge is 0.377 e. The van der Waals surface area contributed by atoms with Gasteiger partial charge >= 0.3 is 0 Å². The molecule has 0 aromatic heterocycles. The van der Waals surface area contributed by atoms with Crippen LogP contribution in [0.3, 0.4) is 0 Å². The summed E-state index contributed by atoms with van der Waals surface area (Å²) in [5, 5.41) is 3.79. The molecule has 2 rings (SSSR count). The van der Waals surface area contributed by atoms with E-state index in [2.05, 4.69) is 19.2 Å². The van der Waals surface area contributed by atoms with Crippen LogP contribution in [0.15, 0.2) is 0 Å². The molecule has 1 saturated heterocycles. The van der Waals surface area contributed by atoms with Crippen molar-refractivity contribution in [2.75, 3.05) is 13.2 Å². The second kappa shape index (κ2) is 7.49. The third-order valence-electron chi connectivity index (χ3n) is 4.97. The van der Waals surface area contributed by atoms with Gasteiger partial charge in [-0.25, -0.2) is 0 Å². The molecule has 18 heavy (non-hydrogen) atoms. The van der Waals surface area contributed by atoms with E-state index in [1.165, 1.54) is 51.4 Å². The first-order valence-corrected chi connectivity index (χ1v) is 8.20. The predicted molar refractivity (Wildman–Crippen MR) is 76.8 cm³/mol. The summed E-state index contributed by atoms with van der Waals surface area (Å²) < 4.78 is 5.96. The van der Waals surface area contributed by atoms with E-state index in [9.17, 15) is 0 Å². The molecule has 0 amide bonds. The van der Waals surface area contributed by atoms with E-state index >= 15 is 0 Å². The van der Waals surface area contributed by atoms with Crippen LogP contribution in [0, 0.1) is 11.8 Å². The third-order valence-corrected chi connectivity index (χ3v) is 4.97. The maximum Gasteiger partial charge on any atom is 0.0731 e. The molecule has 1 N–H and O–H groups in total. The van der Waals surface area contributed by atoms with E-state index in [1.807, 2.05) is 0 Å². The van der Waals surface area contributed by atoms with Crippen molar-refractivity contribution in [3.63, 3.8) is 0 Å². The molecule has 1 aliphatic heterocycles. The lowest BCUT2D eigenvalue weighted by Gasteiger charge is -2.37. The van der Waals surface area contributed by atoms with Crippen molar-refractivity contribution in [3.8, 4) is 0 Å². The first-order chi connectivity index (χ1) is 8.85. The Labute approximate surface area is 113 Å². The van der Waals surface area contributed by atoms with Crippen molar-refractivity contribution in [3.05, 3.63) is 0 Å². The van der Waals surface area contributed by atoms with Gasteiger partial charge in [0.2, 0.25) is 0 Å². The van der Waals surface area contributed by atoms with Crippen LogP contribution in [-0.4, -0.2) is 25.3 Å². The molecule has 106 valence electrons. The summed E-state index contributed by atoms with van der Waals surface area (Å²) in [6, 6.07) is 0.630. The highest BCUT2D eigenvalue weighted by Gasteiger charge is 2.34. The van der Waals surface area contributed by atoms with Gasteiger partial charge in [-0.1, -0.05) is 33.1 Å². The minimum atomic E-state index is 0.500. The molecular weight excluding hydrogens is 222 g/mol. The Kier molecular flexibility index (Phi) is 5.97. The summed E-state index contributed by atoms with van der Waals surface area (Å²) in [6.07, 6.45) is 11.4. The fourth-order valence-corrected chi connectivity index (χ4v) is 3.75. The summed E-state index contributed by atoms with van der Waals surface area (Å²) in [6.45, 7) is 6.74. The molecule has 2 aliphatic rings. The molecule has 0 aromatic carbocycles. The van der Waals surface area contributed by atoms with Crippen LogP contribution in [0.4, 0.5) is 0 Å². The summed E-state index contributed by atoms with van der Waals surface area (Å²) >= 11 is 0. The SMILES string of the molecule is CCCNC(C1CCC(CC)CC1)C1CCCO1. The van der Waals surface area contributed by atoms with Crippen molar-refractivity contribution in [2.45, 2.75) is 77.4 Å². The average molecular weight is 253 g/mol. The Morgan fingerprint density at radius 2 is 1.89 bits per heavy atom. The van der Waals surface area contributed by atoms with Crippen molar-refractivity contribution in [2.24, 2.45) is 11.8 Å². The van der Waals surface area contributed by atoms with Gasteiger partial charge in [0.25, 0.3) is 0 Å².